The Balaban J connectivity index is 2.19. The molecule has 1 heterocycles. The van der Waals surface area contributed by atoms with E-state index in [1.54, 1.807) is 6.20 Å². The maximum atomic E-state index is 5.77. The molecule has 100 valence electrons. The number of aromatic nitrogens is 2. The highest BCUT2D eigenvalue weighted by atomic mass is 127. The van der Waals surface area contributed by atoms with Gasteiger partial charge in [-0.3, -0.25) is 0 Å². The number of nitrogens with one attached hydrogen (secondary N) is 1. The number of hydrogen-bond acceptors (Lipinski definition) is 4. The fourth-order valence-electron chi connectivity index (χ4n) is 1.39. The first-order chi connectivity index (χ1) is 9.19. The molecule has 0 fully saturated rings. The van der Waals surface area contributed by atoms with E-state index in [4.69, 9.17) is 4.74 Å². The summed E-state index contributed by atoms with van der Waals surface area (Å²) >= 11 is 5.64. The lowest BCUT2D eigenvalue weighted by molar-refractivity contribution is 0.458. The van der Waals surface area contributed by atoms with Crippen LogP contribution in [0.25, 0.3) is 0 Å². The second kappa shape index (κ2) is 7.04. The molecule has 0 saturated carbocycles. The van der Waals surface area contributed by atoms with E-state index in [-0.39, 0.29) is 0 Å². The molecule has 0 amide bonds. The van der Waals surface area contributed by atoms with E-state index in [2.05, 4.69) is 60.7 Å². The van der Waals surface area contributed by atoms with Gasteiger partial charge < -0.3 is 10.1 Å². The van der Waals surface area contributed by atoms with E-state index in [9.17, 15) is 0 Å². The van der Waals surface area contributed by atoms with E-state index < -0.39 is 0 Å². The largest absolute Gasteiger partial charge is 0.438 e. The van der Waals surface area contributed by atoms with Crippen molar-refractivity contribution in [3.05, 3.63) is 38.5 Å². The Morgan fingerprint density at radius 2 is 2.26 bits per heavy atom. The summed E-state index contributed by atoms with van der Waals surface area (Å²) < 4.78 is 7.61. The normalized spacial score (nSPS) is 10.3. The quantitative estimate of drug-likeness (QED) is 0.707. The Morgan fingerprint density at radius 3 is 3.00 bits per heavy atom. The highest BCUT2D eigenvalue weighted by molar-refractivity contribution is 14.1. The summed E-state index contributed by atoms with van der Waals surface area (Å²) in [5, 5.41) is 3.13. The van der Waals surface area contributed by atoms with E-state index >= 15 is 0 Å². The molecule has 0 unspecified atom stereocenters. The zero-order valence-electron chi connectivity index (χ0n) is 10.4. The minimum Gasteiger partial charge on any atom is -0.438 e. The first kappa shape index (κ1) is 14.5. The monoisotopic (exact) mass is 433 g/mol. The van der Waals surface area contributed by atoms with Crippen LogP contribution in [0.4, 0.5) is 5.95 Å². The van der Waals surface area contributed by atoms with Crippen LogP contribution in [-0.2, 0) is 0 Å². The molecule has 1 N–H and O–H groups in total. The second-order valence-electron chi connectivity index (χ2n) is 3.83. The summed E-state index contributed by atoms with van der Waals surface area (Å²) in [5.74, 6) is 1.84. The van der Waals surface area contributed by atoms with Crippen molar-refractivity contribution in [1.29, 1.82) is 0 Å². The van der Waals surface area contributed by atoms with E-state index in [1.165, 1.54) is 0 Å². The standard InChI is InChI=1S/C13H13BrIN3O/c1-2-6-16-13-17-8-11(14)12(18-13)19-10-5-3-4-9(15)7-10/h3-5,7-8H,2,6H2,1H3,(H,16,17,18). The SMILES string of the molecule is CCCNc1ncc(Br)c(Oc2cccc(I)c2)n1. The van der Waals surface area contributed by atoms with Crippen molar-refractivity contribution in [2.45, 2.75) is 13.3 Å². The Labute approximate surface area is 134 Å². The van der Waals surface area contributed by atoms with Crippen LogP contribution in [0.1, 0.15) is 13.3 Å². The molecule has 0 radical (unpaired) electrons. The predicted octanol–water partition coefficient (Wildman–Crippen LogP) is 4.46. The third-order valence-electron chi connectivity index (χ3n) is 2.26. The summed E-state index contributed by atoms with van der Waals surface area (Å²) in [7, 11) is 0. The summed E-state index contributed by atoms with van der Waals surface area (Å²) in [6, 6.07) is 7.81. The van der Waals surface area contributed by atoms with Crippen LogP contribution in [0.2, 0.25) is 0 Å². The molecule has 1 aromatic carbocycles. The van der Waals surface area contributed by atoms with Crippen molar-refractivity contribution >= 4 is 44.5 Å². The number of halogens is 2. The predicted molar refractivity (Wildman–Crippen MR) is 87.7 cm³/mol. The van der Waals surface area contributed by atoms with Gasteiger partial charge in [0.2, 0.25) is 11.8 Å². The Bertz CT molecular complexity index is 565. The summed E-state index contributed by atoms with van der Waals surface area (Å²) in [6.07, 6.45) is 2.71. The molecule has 0 saturated heterocycles. The molecule has 0 atom stereocenters. The fourth-order valence-corrected chi connectivity index (χ4v) is 2.17. The van der Waals surface area contributed by atoms with E-state index in [0.717, 1.165) is 26.8 Å². The van der Waals surface area contributed by atoms with Gasteiger partial charge in [0.15, 0.2) is 0 Å². The number of rotatable bonds is 5. The van der Waals surface area contributed by atoms with Crippen LogP contribution in [-0.4, -0.2) is 16.5 Å². The van der Waals surface area contributed by atoms with Crippen molar-refractivity contribution in [2.75, 3.05) is 11.9 Å². The van der Waals surface area contributed by atoms with Crippen LogP contribution >= 0.6 is 38.5 Å². The molecule has 2 rings (SSSR count). The molecular formula is C13H13BrIN3O. The first-order valence-electron chi connectivity index (χ1n) is 5.89. The topological polar surface area (TPSA) is 47.0 Å². The number of hydrogen-bond donors (Lipinski definition) is 1. The minimum atomic E-state index is 0.510. The van der Waals surface area contributed by atoms with Crippen LogP contribution in [0, 0.1) is 3.57 Å². The smallest absolute Gasteiger partial charge is 0.238 e. The minimum absolute atomic E-state index is 0.510. The van der Waals surface area contributed by atoms with Gasteiger partial charge in [0.25, 0.3) is 0 Å². The van der Waals surface area contributed by atoms with Crippen LogP contribution in [0.15, 0.2) is 34.9 Å². The molecule has 1 aromatic heterocycles. The molecule has 0 aliphatic heterocycles. The van der Waals surface area contributed by atoms with Crippen molar-refractivity contribution < 1.29 is 4.74 Å². The van der Waals surface area contributed by atoms with Crippen LogP contribution in [0.3, 0.4) is 0 Å². The zero-order valence-corrected chi connectivity index (χ0v) is 14.1. The lowest BCUT2D eigenvalue weighted by Gasteiger charge is -2.09. The van der Waals surface area contributed by atoms with Gasteiger partial charge in [-0.2, -0.15) is 4.98 Å². The molecule has 4 nitrogen and oxygen atoms in total. The summed E-state index contributed by atoms with van der Waals surface area (Å²) in [6.45, 7) is 2.93. The van der Waals surface area contributed by atoms with Gasteiger partial charge in [-0.25, -0.2) is 4.98 Å². The van der Waals surface area contributed by atoms with Gasteiger partial charge >= 0.3 is 0 Å². The maximum Gasteiger partial charge on any atom is 0.238 e. The lowest BCUT2D eigenvalue weighted by Crippen LogP contribution is -2.05. The molecule has 2 aromatic rings. The van der Waals surface area contributed by atoms with Crippen molar-refractivity contribution in [3.63, 3.8) is 0 Å². The van der Waals surface area contributed by atoms with E-state index in [1.807, 2.05) is 24.3 Å². The van der Waals surface area contributed by atoms with Crippen molar-refractivity contribution in [3.8, 4) is 11.6 Å². The van der Waals surface area contributed by atoms with Gasteiger partial charge in [-0.1, -0.05) is 13.0 Å². The first-order valence-corrected chi connectivity index (χ1v) is 7.76. The highest BCUT2D eigenvalue weighted by Gasteiger charge is 2.07. The van der Waals surface area contributed by atoms with Gasteiger partial charge in [0.1, 0.15) is 5.75 Å². The van der Waals surface area contributed by atoms with Crippen molar-refractivity contribution in [2.24, 2.45) is 0 Å². The summed E-state index contributed by atoms with van der Waals surface area (Å²) in [4.78, 5) is 8.53. The van der Waals surface area contributed by atoms with Crippen LogP contribution < -0.4 is 10.1 Å². The average Bonchev–Trinajstić information content (AvgIpc) is 2.40. The fraction of sp³-hybridized carbons (Fsp3) is 0.231. The number of anilines is 1. The number of nitrogens with zero attached hydrogens (tertiary/aromatic N) is 2. The zero-order chi connectivity index (χ0) is 13.7. The lowest BCUT2D eigenvalue weighted by atomic mass is 10.3. The highest BCUT2D eigenvalue weighted by Crippen LogP contribution is 2.28. The average molecular weight is 434 g/mol. The van der Waals surface area contributed by atoms with Crippen molar-refractivity contribution in [1.82, 2.24) is 9.97 Å². The van der Waals surface area contributed by atoms with Gasteiger partial charge in [0.05, 0.1) is 10.7 Å². The molecule has 19 heavy (non-hydrogen) atoms. The molecule has 0 aliphatic carbocycles. The van der Waals surface area contributed by atoms with Gasteiger partial charge in [0, 0.05) is 10.1 Å². The Kier molecular flexibility index (Phi) is 5.38. The maximum absolute atomic E-state index is 5.77. The van der Waals surface area contributed by atoms with Crippen LogP contribution in [0.5, 0.6) is 11.6 Å². The van der Waals surface area contributed by atoms with Gasteiger partial charge in [-0.15, -0.1) is 0 Å². The third kappa shape index (κ3) is 4.31. The molecule has 6 heteroatoms. The van der Waals surface area contributed by atoms with Gasteiger partial charge in [-0.05, 0) is 63.1 Å². The molecular weight excluding hydrogens is 421 g/mol. The molecule has 0 aliphatic rings. The number of ether oxygens (including phenoxy) is 1. The third-order valence-corrected chi connectivity index (χ3v) is 3.47. The van der Waals surface area contributed by atoms with E-state index in [0.29, 0.717) is 11.8 Å². The Hall–Kier alpha value is -0.890. The number of benzene rings is 1. The molecule has 0 bridgehead atoms. The second-order valence-corrected chi connectivity index (χ2v) is 5.93. The summed E-state index contributed by atoms with van der Waals surface area (Å²) in [5.41, 5.74) is 0. The molecule has 0 spiro atoms. The Morgan fingerprint density at radius 1 is 1.42 bits per heavy atom.